The Morgan fingerprint density at radius 1 is 1.12 bits per heavy atom. The van der Waals surface area contributed by atoms with Crippen LogP contribution in [0.2, 0.25) is 5.02 Å². The smallest absolute Gasteiger partial charge is 0.349 e. The standard InChI is InChI=1S/C18H13ClO5/c1-11-8-13(19)4-6-15(11)23-18(21)10-22-14-5-2-12-3-7-17(20)24-16(12)9-14/h2-9H,10H2,1H3. The molecule has 122 valence electrons. The molecule has 1 aromatic heterocycles. The fourth-order valence-electron chi connectivity index (χ4n) is 2.15. The Kier molecular flexibility index (Phi) is 4.53. The molecule has 0 aliphatic carbocycles. The SMILES string of the molecule is Cc1cc(Cl)ccc1OC(=O)COc1ccc2ccc(=O)oc2c1. The van der Waals surface area contributed by atoms with Gasteiger partial charge in [0.2, 0.25) is 0 Å². The number of benzene rings is 2. The van der Waals surface area contributed by atoms with Crippen molar-refractivity contribution in [2.45, 2.75) is 6.92 Å². The summed E-state index contributed by atoms with van der Waals surface area (Å²) in [5.41, 5.74) is 0.697. The van der Waals surface area contributed by atoms with Crippen LogP contribution >= 0.6 is 11.6 Å². The fraction of sp³-hybridized carbons (Fsp3) is 0.111. The normalized spacial score (nSPS) is 10.6. The molecule has 3 aromatic rings. The summed E-state index contributed by atoms with van der Waals surface area (Å²) >= 11 is 5.86. The van der Waals surface area contributed by atoms with Crippen LogP contribution in [-0.4, -0.2) is 12.6 Å². The number of esters is 1. The second kappa shape index (κ2) is 6.76. The third kappa shape index (κ3) is 3.75. The van der Waals surface area contributed by atoms with Crippen molar-refractivity contribution in [3.05, 3.63) is 69.5 Å². The monoisotopic (exact) mass is 344 g/mol. The molecule has 5 nitrogen and oxygen atoms in total. The minimum absolute atomic E-state index is 0.273. The highest BCUT2D eigenvalue weighted by atomic mass is 35.5. The maximum Gasteiger partial charge on any atom is 0.349 e. The van der Waals surface area contributed by atoms with E-state index in [0.717, 1.165) is 10.9 Å². The first-order valence-corrected chi connectivity index (χ1v) is 7.52. The molecule has 0 radical (unpaired) electrons. The number of carbonyl (C=O) groups is 1. The molecule has 1 heterocycles. The minimum Gasteiger partial charge on any atom is -0.482 e. The van der Waals surface area contributed by atoms with Gasteiger partial charge in [0, 0.05) is 22.5 Å². The highest BCUT2D eigenvalue weighted by molar-refractivity contribution is 6.30. The van der Waals surface area contributed by atoms with Crippen molar-refractivity contribution in [2.75, 3.05) is 6.61 Å². The summed E-state index contributed by atoms with van der Waals surface area (Å²) in [6.45, 7) is 1.52. The first-order valence-electron chi connectivity index (χ1n) is 7.15. The second-order valence-electron chi connectivity index (χ2n) is 5.13. The van der Waals surface area contributed by atoms with Crippen molar-refractivity contribution in [2.24, 2.45) is 0 Å². The molecule has 0 aliphatic rings. The molecule has 3 rings (SSSR count). The number of hydrogen-bond donors (Lipinski definition) is 0. The zero-order chi connectivity index (χ0) is 17.1. The molecule has 0 aliphatic heterocycles. The van der Waals surface area contributed by atoms with E-state index in [1.807, 2.05) is 0 Å². The van der Waals surface area contributed by atoms with Crippen LogP contribution in [0.25, 0.3) is 11.0 Å². The molecule has 0 saturated heterocycles. The Morgan fingerprint density at radius 2 is 1.92 bits per heavy atom. The van der Waals surface area contributed by atoms with Gasteiger partial charge in [0.05, 0.1) is 0 Å². The number of halogens is 1. The zero-order valence-electron chi connectivity index (χ0n) is 12.7. The lowest BCUT2D eigenvalue weighted by atomic mass is 10.2. The molecule has 0 amide bonds. The Hall–Kier alpha value is -2.79. The lowest BCUT2D eigenvalue weighted by Gasteiger charge is -2.09. The van der Waals surface area contributed by atoms with E-state index in [1.54, 1.807) is 49.4 Å². The molecule has 0 bridgehead atoms. The maximum atomic E-state index is 11.9. The number of aryl methyl sites for hydroxylation is 1. The molecule has 0 spiro atoms. The topological polar surface area (TPSA) is 65.7 Å². The van der Waals surface area contributed by atoms with E-state index < -0.39 is 11.6 Å². The van der Waals surface area contributed by atoms with Crippen LogP contribution in [0.1, 0.15) is 5.56 Å². The molecule has 0 saturated carbocycles. The summed E-state index contributed by atoms with van der Waals surface area (Å²) in [4.78, 5) is 23.1. The second-order valence-corrected chi connectivity index (χ2v) is 5.56. The van der Waals surface area contributed by atoms with Crippen LogP contribution in [0.4, 0.5) is 0 Å². The number of hydrogen-bond acceptors (Lipinski definition) is 5. The predicted molar refractivity (Wildman–Crippen MR) is 89.8 cm³/mol. The van der Waals surface area contributed by atoms with Crippen molar-refractivity contribution < 1.29 is 18.7 Å². The van der Waals surface area contributed by atoms with Crippen molar-refractivity contribution in [3.8, 4) is 11.5 Å². The van der Waals surface area contributed by atoms with Gasteiger partial charge in [-0.15, -0.1) is 0 Å². The van der Waals surface area contributed by atoms with E-state index >= 15 is 0 Å². The van der Waals surface area contributed by atoms with Crippen LogP contribution < -0.4 is 15.1 Å². The lowest BCUT2D eigenvalue weighted by molar-refractivity contribution is -0.136. The van der Waals surface area contributed by atoms with Gasteiger partial charge in [0.15, 0.2) is 6.61 Å². The summed E-state index contributed by atoms with van der Waals surface area (Å²) in [5.74, 6) is 0.286. The molecule has 0 unspecified atom stereocenters. The highest BCUT2D eigenvalue weighted by Crippen LogP contribution is 2.22. The highest BCUT2D eigenvalue weighted by Gasteiger charge is 2.09. The van der Waals surface area contributed by atoms with Crippen LogP contribution in [0, 0.1) is 6.92 Å². The summed E-state index contributed by atoms with van der Waals surface area (Å²) in [6, 6.07) is 12.9. The van der Waals surface area contributed by atoms with Gasteiger partial charge in [-0.3, -0.25) is 0 Å². The number of rotatable bonds is 4. The molecule has 0 atom stereocenters. The Balaban J connectivity index is 1.66. The van der Waals surface area contributed by atoms with Gasteiger partial charge in [-0.1, -0.05) is 11.6 Å². The largest absolute Gasteiger partial charge is 0.482 e. The van der Waals surface area contributed by atoms with Crippen molar-refractivity contribution >= 4 is 28.5 Å². The number of fused-ring (bicyclic) bond motifs is 1. The van der Waals surface area contributed by atoms with Gasteiger partial charge >= 0.3 is 11.6 Å². The number of ether oxygens (including phenoxy) is 2. The van der Waals surface area contributed by atoms with Crippen LogP contribution in [0.3, 0.4) is 0 Å². The maximum absolute atomic E-state index is 11.9. The van der Waals surface area contributed by atoms with Crippen molar-refractivity contribution in [1.82, 2.24) is 0 Å². The Labute approximate surface area is 142 Å². The molecule has 0 N–H and O–H groups in total. The number of carbonyl (C=O) groups excluding carboxylic acids is 1. The van der Waals surface area contributed by atoms with Gasteiger partial charge in [0.25, 0.3) is 0 Å². The van der Waals surface area contributed by atoms with E-state index in [9.17, 15) is 9.59 Å². The van der Waals surface area contributed by atoms with Gasteiger partial charge in [0.1, 0.15) is 17.1 Å². The van der Waals surface area contributed by atoms with Gasteiger partial charge in [-0.05, 0) is 48.9 Å². The molecular formula is C18H13ClO5. The average Bonchev–Trinajstić information content (AvgIpc) is 2.55. The summed E-state index contributed by atoms with van der Waals surface area (Å²) in [6.07, 6.45) is 0. The molecule has 0 fully saturated rings. The van der Waals surface area contributed by atoms with Crippen molar-refractivity contribution in [3.63, 3.8) is 0 Å². The fourth-order valence-corrected chi connectivity index (χ4v) is 2.38. The first-order chi connectivity index (χ1) is 11.5. The zero-order valence-corrected chi connectivity index (χ0v) is 13.5. The molecule has 6 heteroatoms. The summed E-state index contributed by atoms with van der Waals surface area (Å²) in [7, 11) is 0. The quantitative estimate of drug-likeness (QED) is 0.410. The van der Waals surface area contributed by atoms with Crippen LogP contribution in [0.5, 0.6) is 11.5 Å². The molecular weight excluding hydrogens is 332 g/mol. The summed E-state index contributed by atoms with van der Waals surface area (Å²) < 4.78 is 15.7. The van der Waals surface area contributed by atoms with E-state index in [0.29, 0.717) is 22.1 Å². The Morgan fingerprint density at radius 3 is 2.71 bits per heavy atom. The third-order valence-electron chi connectivity index (χ3n) is 3.31. The first kappa shape index (κ1) is 16.1. The van der Waals surface area contributed by atoms with E-state index in [4.69, 9.17) is 25.5 Å². The molecule has 24 heavy (non-hydrogen) atoms. The average molecular weight is 345 g/mol. The summed E-state index contributed by atoms with van der Waals surface area (Å²) in [5, 5.41) is 1.34. The third-order valence-corrected chi connectivity index (χ3v) is 3.55. The van der Waals surface area contributed by atoms with Gasteiger partial charge < -0.3 is 13.9 Å². The molecule has 2 aromatic carbocycles. The van der Waals surface area contributed by atoms with Crippen LogP contribution in [0.15, 0.2) is 57.7 Å². The van der Waals surface area contributed by atoms with Gasteiger partial charge in [-0.2, -0.15) is 0 Å². The lowest BCUT2D eigenvalue weighted by Crippen LogP contribution is -2.18. The van der Waals surface area contributed by atoms with E-state index in [-0.39, 0.29) is 6.61 Å². The predicted octanol–water partition coefficient (Wildman–Crippen LogP) is 3.74. The van der Waals surface area contributed by atoms with Gasteiger partial charge in [-0.25, -0.2) is 9.59 Å². The minimum atomic E-state index is -0.546. The van der Waals surface area contributed by atoms with Crippen molar-refractivity contribution in [1.29, 1.82) is 0 Å². The van der Waals surface area contributed by atoms with Crippen LogP contribution in [-0.2, 0) is 4.79 Å². The van der Waals surface area contributed by atoms with E-state index in [2.05, 4.69) is 0 Å². The Bertz CT molecular complexity index is 961. The van der Waals surface area contributed by atoms with E-state index in [1.165, 1.54) is 6.07 Å².